The molecular weight excluding hydrogens is 374 g/mol. The number of hydrogen-bond donors (Lipinski definition) is 2. The average Bonchev–Trinajstić information content (AvgIpc) is 2.86. The van der Waals surface area contributed by atoms with Gasteiger partial charge in [-0.15, -0.1) is 0 Å². The van der Waals surface area contributed by atoms with E-state index in [0.717, 1.165) is 15.2 Å². The highest BCUT2D eigenvalue weighted by molar-refractivity contribution is 9.10. The fourth-order valence-corrected chi connectivity index (χ4v) is 2.68. The molecule has 1 amide bonds. The van der Waals surface area contributed by atoms with Gasteiger partial charge in [-0.05, 0) is 28.1 Å². The summed E-state index contributed by atoms with van der Waals surface area (Å²) >= 11 is 9.51. The van der Waals surface area contributed by atoms with Crippen molar-refractivity contribution in [2.24, 2.45) is 5.73 Å². The van der Waals surface area contributed by atoms with E-state index in [9.17, 15) is 4.79 Å². The average molecular weight is 385 g/mol. The number of rotatable bonds is 3. The number of amides is 1. The van der Waals surface area contributed by atoms with Crippen molar-refractivity contribution < 1.29 is 9.53 Å². The molecule has 0 radical (unpaired) electrons. The fraction of sp³-hybridized carbons (Fsp3) is 0.154. The van der Waals surface area contributed by atoms with Crippen LogP contribution in [0.25, 0.3) is 21.8 Å². The molecule has 4 N–H and O–H groups in total. The van der Waals surface area contributed by atoms with Crippen LogP contribution in [0, 0.1) is 0 Å². The van der Waals surface area contributed by atoms with Crippen LogP contribution in [-0.2, 0) is 11.3 Å². The predicted octanol–water partition coefficient (Wildman–Crippen LogP) is 2.68. The summed E-state index contributed by atoms with van der Waals surface area (Å²) in [5.74, 6) is 0.325. The Balaban J connectivity index is 2.09. The molecular formula is C13H11BrClN5O2. The second-order valence-electron chi connectivity index (χ2n) is 4.60. The summed E-state index contributed by atoms with van der Waals surface area (Å²) in [6.07, 6.45) is 0.990. The predicted molar refractivity (Wildman–Crippen MR) is 87.7 cm³/mol. The summed E-state index contributed by atoms with van der Waals surface area (Å²) in [5.41, 5.74) is 12.2. The molecule has 0 atom stereocenters. The van der Waals surface area contributed by atoms with E-state index in [2.05, 4.69) is 26.0 Å². The van der Waals surface area contributed by atoms with Crippen molar-refractivity contribution in [2.45, 2.75) is 6.54 Å². The number of anilines is 1. The van der Waals surface area contributed by atoms with Crippen molar-refractivity contribution >= 4 is 61.2 Å². The van der Waals surface area contributed by atoms with Gasteiger partial charge in [-0.3, -0.25) is 4.68 Å². The van der Waals surface area contributed by atoms with E-state index in [1.807, 2.05) is 12.3 Å². The standard InChI is InChI=1S/C13H11BrClN5O2/c14-8-4-10-6(3-9(8)15)7-5-20(1-2-22-13(17)21)19-11(7)12(16)18-10/h3-5H,1-2H2,(H2,16,18)(H2,17,21). The van der Waals surface area contributed by atoms with Crippen LogP contribution in [0.5, 0.6) is 0 Å². The van der Waals surface area contributed by atoms with Crippen LogP contribution in [-0.4, -0.2) is 27.5 Å². The maximum atomic E-state index is 10.6. The van der Waals surface area contributed by atoms with Gasteiger partial charge in [-0.1, -0.05) is 11.6 Å². The van der Waals surface area contributed by atoms with Crippen molar-refractivity contribution in [2.75, 3.05) is 12.3 Å². The zero-order valence-corrected chi connectivity index (χ0v) is 13.6. The van der Waals surface area contributed by atoms with E-state index in [1.165, 1.54) is 0 Å². The smallest absolute Gasteiger partial charge is 0.404 e. The van der Waals surface area contributed by atoms with Crippen LogP contribution in [0.1, 0.15) is 0 Å². The lowest BCUT2D eigenvalue weighted by Crippen LogP contribution is -2.16. The van der Waals surface area contributed by atoms with Crippen LogP contribution >= 0.6 is 27.5 Å². The fourth-order valence-electron chi connectivity index (χ4n) is 2.19. The number of halogens is 2. The Morgan fingerprint density at radius 3 is 2.91 bits per heavy atom. The molecule has 3 rings (SSSR count). The van der Waals surface area contributed by atoms with Crippen LogP contribution in [0.4, 0.5) is 10.6 Å². The molecule has 0 aliphatic carbocycles. The van der Waals surface area contributed by atoms with E-state index in [4.69, 9.17) is 27.8 Å². The number of nitrogen functional groups attached to an aromatic ring is 1. The second-order valence-corrected chi connectivity index (χ2v) is 5.86. The van der Waals surface area contributed by atoms with Gasteiger partial charge in [0.05, 0.1) is 17.1 Å². The number of benzene rings is 1. The van der Waals surface area contributed by atoms with Crippen molar-refractivity contribution in [3.8, 4) is 0 Å². The zero-order chi connectivity index (χ0) is 15.9. The number of carbonyl (C=O) groups excluding carboxylic acids is 1. The first-order valence-corrected chi connectivity index (χ1v) is 7.46. The van der Waals surface area contributed by atoms with Gasteiger partial charge in [-0.25, -0.2) is 9.78 Å². The summed E-state index contributed by atoms with van der Waals surface area (Å²) in [4.78, 5) is 14.9. The quantitative estimate of drug-likeness (QED) is 0.721. The Morgan fingerprint density at radius 1 is 1.41 bits per heavy atom. The van der Waals surface area contributed by atoms with Gasteiger partial charge in [0.15, 0.2) is 5.82 Å². The summed E-state index contributed by atoms with van der Waals surface area (Å²) in [6.45, 7) is 0.490. The van der Waals surface area contributed by atoms with Crippen LogP contribution in [0.15, 0.2) is 22.8 Å². The number of nitrogens with two attached hydrogens (primary N) is 2. The second kappa shape index (κ2) is 5.62. The number of hydrogen-bond acceptors (Lipinski definition) is 5. The molecule has 0 aliphatic heterocycles. The van der Waals surface area contributed by atoms with Crippen molar-refractivity contribution in [3.05, 3.63) is 27.8 Å². The number of carbonyl (C=O) groups is 1. The summed E-state index contributed by atoms with van der Waals surface area (Å²) in [7, 11) is 0. The van der Waals surface area contributed by atoms with Crippen LogP contribution in [0.2, 0.25) is 5.02 Å². The molecule has 7 nitrogen and oxygen atoms in total. The van der Waals surface area contributed by atoms with E-state index >= 15 is 0 Å². The molecule has 114 valence electrons. The number of fused-ring (bicyclic) bond motifs is 3. The summed E-state index contributed by atoms with van der Waals surface area (Å²) in [5, 5.41) is 6.60. The Hall–Kier alpha value is -2.06. The first-order chi connectivity index (χ1) is 10.5. The highest BCUT2D eigenvalue weighted by Gasteiger charge is 2.12. The van der Waals surface area contributed by atoms with Gasteiger partial charge >= 0.3 is 6.09 Å². The molecule has 2 heterocycles. The van der Waals surface area contributed by atoms with Crippen LogP contribution < -0.4 is 11.5 Å². The molecule has 0 saturated carbocycles. The van der Waals surface area contributed by atoms with E-state index in [-0.39, 0.29) is 6.61 Å². The van der Waals surface area contributed by atoms with Gasteiger partial charge in [0.25, 0.3) is 0 Å². The third kappa shape index (κ3) is 2.67. The third-order valence-electron chi connectivity index (χ3n) is 3.14. The number of primary amides is 1. The lowest BCUT2D eigenvalue weighted by Gasteiger charge is -2.03. The lowest BCUT2D eigenvalue weighted by molar-refractivity contribution is 0.151. The molecule has 0 saturated heterocycles. The normalized spacial score (nSPS) is 11.2. The minimum Gasteiger partial charge on any atom is -0.448 e. The molecule has 0 fully saturated rings. The maximum Gasteiger partial charge on any atom is 0.404 e. The third-order valence-corrected chi connectivity index (χ3v) is 4.34. The molecule has 9 heteroatoms. The van der Waals surface area contributed by atoms with Crippen LogP contribution in [0.3, 0.4) is 0 Å². The van der Waals surface area contributed by atoms with E-state index in [0.29, 0.717) is 28.4 Å². The Labute approximate surface area is 138 Å². The Morgan fingerprint density at radius 2 is 2.18 bits per heavy atom. The minimum absolute atomic E-state index is 0.126. The van der Waals surface area contributed by atoms with Gasteiger partial charge in [0, 0.05) is 21.4 Å². The first kappa shape index (κ1) is 14.9. The number of nitrogens with zero attached hydrogens (tertiary/aromatic N) is 3. The molecule has 22 heavy (non-hydrogen) atoms. The van der Waals surface area contributed by atoms with E-state index in [1.54, 1.807) is 10.7 Å². The van der Waals surface area contributed by atoms with Gasteiger partial charge in [-0.2, -0.15) is 5.10 Å². The first-order valence-electron chi connectivity index (χ1n) is 6.29. The number of ether oxygens (including phenoxy) is 1. The molecule has 3 aromatic rings. The molecule has 0 spiro atoms. The van der Waals surface area contributed by atoms with E-state index < -0.39 is 6.09 Å². The Bertz CT molecular complexity index is 895. The SMILES string of the molecule is NC(=O)OCCn1cc2c(n1)c(N)nc1cc(Br)c(Cl)cc12. The molecule has 2 aromatic heterocycles. The molecule has 1 aromatic carbocycles. The van der Waals surface area contributed by atoms with Crippen molar-refractivity contribution in [1.82, 2.24) is 14.8 Å². The number of aromatic nitrogens is 3. The molecule has 0 bridgehead atoms. The largest absolute Gasteiger partial charge is 0.448 e. The highest BCUT2D eigenvalue weighted by atomic mass is 79.9. The summed E-state index contributed by atoms with van der Waals surface area (Å²) in [6, 6.07) is 3.61. The maximum absolute atomic E-state index is 10.6. The van der Waals surface area contributed by atoms with Gasteiger partial charge in [0.2, 0.25) is 0 Å². The van der Waals surface area contributed by atoms with Gasteiger partial charge < -0.3 is 16.2 Å². The van der Waals surface area contributed by atoms with Gasteiger partial charge in [0.1, 0.15) is 12.1 Å². The molecule has 0 aliphatic rings. The lowest BCUT2D eigenvalue weighted by atomic mass is 10.1. The van der Waals surface area contributed by atoms with Crippen molar-refractivity contribution in [3.63, 3.8) is 0 Å². The monoisotopic (exact) mass is 383 g/mol. The molecule has 0 unspecified atom stereocenters. The van der Waals surface area contributed by atoms with Crippen molar-refractivity contribution in [1.29, 1.82) is 0 Å². The summed E-state index contributed by atoms with van der Waals surface area (Å²) < 4.78 is 7.07. The highest BCUT2D eigenvalue weighted by Crippen LogP contribution is 2.33. The minimum atomic E-state index is -0.819. The number of pyridine rings is 1. The topological polar surface area (TPSA) is 109 Å². The zero-order valence-electron chi connectivity index (χ0n) is 11.2. The Kier molecular flexibility index (Phi) is 3.79.